The van der Waals surface area contributed by atoms with Gasteiger partial charge in [0.25, 0.3) is 5.91 Å². The minimum absolute atomic E-state index is 0.194. The van der Waals surface area contributed by atoms with Crippen LogP contribution in [-0.2, 0) is 10.3 Å². The first kappa shape index (κ1) is 19.8. The van der Waals surface area contributed by atoms with Crippen LogP contribution in [0.4, 0.5) is 0 Å². The molecule has 9 heteroatoms. The van der Waals surface area contributed by atoms with Gasteiger partial charge >= 0.3 is 0 Å². The summed E-state index contributed by atoms with van der Waals surface area (Å²) in [4.78, 5) is 27.3. The highest BCUT2D eigenvalue weighted by Crippen LogP contribution is 2.31. The molecule has 1 saturated heterocycles. The van der Waals surface area contributed by atoms with Crippen LogP contribution < -0.4 is 0 Å². The Labute approximate surface area is 167 Å². The summed E-state index contributed by atoms with van der Waals surface area (Å²) in [5.74, 6) is -0.486. The number of amides is 2. The maximum Gasteiger partial charge on any atom is 0.260 e. The molecule has 7 nitrogen and oxygen atoms in total. The molecule has 2 heterocycles. The number of carbonyl (C=O) groups is 2. The van der Waals surface area contributed by atoms with E-state index in [0.29, 0.717) is 28.7 Å². The van der Waals surface area contributed by atoms with Crippen molar-refractivity contribution in [3.05, 3.63) is 34.9 Å². The van der Waals surface area contributed by atoms with Crippen LogP contribution >= 0.6 is 23.4 Å². The van der Waals surface area contributed by atoms with Gasteiger partial charge in [-0.15, -0.1) is 5.10 Å². The number of aromatic nitrogens is 4. The van der Waals surface area contributed by atoms with Crippen molar-refractivity contribution in [1.82, 2.24) is 25.1 Å². The normalized spacial score (nSPS) is 18.4. The number of benzene rings is 1. The zero-order chi connectivity index (χ0) is 19.6. The third-order valence-corrected chi connectivity index (χ3v) is 5.74. The third kappa shape index (κ3) is 4.50. The molecule has 0 saturated carbocycles. The van der Waals surface area contributed by atoms with E-state index in [9.17, 15) is 9.59 Å². The van der Waals surface area contributed by atoms with Crippen LogP contribution in [0, 0.1) is 0 Å². The van der Waals surface area contributed by atoms with Gasteiger partial charge in [-0.1, -0.05) is 29.8 Å². The Morgan fingerprint density at radius 2 is 1.93 bits per heavy atom. The lowest BCUT2D eigenvalue weighted by Crippen LogP contribution is -2.41. The highest BCUT2D eigenvalue weighted by atomic mass is 35.5. The Kier molecular flexibility index (Phi) is 5.86. The van der Waals surface area contributed by atoms with E-state index >= 15 is 0 Å². The summed E-state index contributed by atoms with van der Waals surface area (Å²) in [5.41, 5.74) is 0.163. The van der Waals surface area contributed by atoms with Gasteiger partial charge in [0.2, 0.25) is 11.1 Å². The van der Waals surface area contributed by atoms with Crippen molar-refractivity contribution < 1.29 is 9.59 Å². The van der Waals surface area contributed by atoms with Crippen molar-refractivity contribution in [2.45, 2.75) is 56.0 Å². The lowest BCUT2D eigenvalue weighted by molar-refractivity contribution is -0.127. The average molecular weight is 408 g/mol. The van der Waals surface area contributed by atoms with Crippen molar-refractivity contribution in [2.75, 3.05) is 6.54 Å². The largest absolute Gasteiger partial charge is 0.278 e. The number of imide groups is 1. The van der Waals surface area contributed by atoms with Gasteiger partial charge < -0.3 is 0 Å². The van der Waals surface area contributed by atoms with Crippen molar-refractivity contribution in [1.29, 1.82) is 0 Å². The third-order valence-electron chi connectivity index (χ3n) is 4.30. The molecule has 0 aliphatic carbocycles. The fraction of sp³-hybridized carbons (Fsp3) is 0.500. The molecular formula is C18H22ClN5O2S. The summed E-state index contributed by atoms with van der Waals surface area (Å²) in [6.45, 7) is 6.41. The molecule has 1 aromatic heterocycles. The number of hydrogen-bond donors (Lipinski definition) is 0. The maximum absolute atomic E-state index is 13.1. The van der Waals surface area contributed by atoms with Gasteiger partial charge in [0.05, 0.1) is 10.8 Å². The minimum Gasteiger partial charge on any atom is -0.278 e. The highest BCUT2D eigenvalue weighted by molar-refractivity contribution is 8.00. The summed E-state index contributed by atoms with van der Waals surface area (Å²) < 4.78 is 1.71. The van der Waals surface area contributed by atoms with Crippen molar-refractivity contribution in [3.8, 4) is 0 Å². The van der Waals surface area contributed by atoms with Gasteiger partial charge in [0.15, 0.2) is 0 Å². The molecule has 3 rings (SSSR count). The van der Waals surface area contributed by atoms with Crippen LogP contribution in [-0.4, -0.2) is 48.7 Å². The Balaban J connectivity index is 1.81. The second-order valence-electron chi connectivity index (χ2n) is 7.45. The van der Waals surface area contributed by atoms with E-state index in [1.165, 1.54) is 16.7 Å². The fourth-order valence-electron chi connectivity index (χ4n) is 2.87. The molecule has 1 aliphatic rings. The van der Waals surface area contributed by atoms with E-state index in [1.54, 1.807) is 28.9 Å². The Hall–Kier alpha value is -1.93. The second kappa shape index (κ2) is 7.98. The first-order chi connectivity index (χ1) is 12.8. The smallest absolute Gasteiger partial charge is 0.260 e. The van der Waals surface area contributed by atoms with E-state index < -0.39 is 5.25 Å². The zero-order valence-corrected chi connectivity index (χ0v) is 17.1. The zero-order valence-electron chi connectivity index (χ0n) is 15.6. The summed E-state index contributed by atoms with van der Waals surface area (Å²) in [6.07, 6.45) is 2.34. The van der Waals surface area contributed by atoms with E-state index in [4.69, 9.17) is 11.6 Å². The van der Waals surface area contributed by atoms with E-state index in [1.807, 2.05) is 20.8 Å². The molecule has 0 bridgehead atoms. The van der Waals surface area contributed by atoms with Gasteiger partial charge in [-0.25, -0.2) is 4.68 Å². The van der Waals surface area contributed by atoms with Gasteiger partial charge in [-0.2, -0.15) is 0 Å². The van der Waals surface area contributed by atoms with Gasteiger partial charge in [0.1, 0.15) is 0 Å². The second-order valence-corrected chi connectivity index (χ2v) is 9.05. The number of thioether (sulfide) groups is 1. The predicted octanol–water partition coefficient (Wildman–Crippen LogP) is 3.40. The molecule has 0 spiro atoms. The predicted molar refractivity (Wildman–Crippen MR) is 104 cm³/mol. The van der Waals surface area contributed by atoms with E-state index in [-0.39, 0.29) is 17.4 Å². The van der Waals surface area contributed by atoms with Crippen LogP contribution in [0.1, 0.15) is 50.4 Å². The molecule has 27 heavy (non-hydrogen) atoms. The van der Waals surface area contributed by atoms with Crippen molar-refractivity contribution in [3.63, 3.8) is 0 Å². The topological polar surface area (TPSA) is 81.0 Å². The van der Waals surface area contributed by atoms with Crippen LogP contribution in [0.15, 0.2) is 29.4 Å². The molecule has 1 fully saturated rings. The molecule has 144 valence electrons. The molecule has 0 N–H and O–H groups in total. The molecule has 1 unspecified atom stereocenters. The first-order valence-electron chi connectivity index (χ1n) is 8.84. The summed E-state index contributed by atoms with van der Waals surface area (Å²) in [5, 5.41) is 12.6. The number of hydrogen-bond acceptors (Lipinski definition) is 6. The van der Waals surface area contributed by atoms with Gasteiger partial charge in [0, 0.05) is 17.1 Å². The maximum atomic E-state index is 13.1. The lowest BCUT2D eigenvalue weighted by Gasteiger charge is -2.24. The number of carbonyl (C=O) groups excluding carboxylic acids is 2. The summed E-state index contributed by atoms with van der Waals surface area (Å²) in [7, 11) is 0. The standard InChI is InChI=1S/C18H22ClN5O2S/c1-18(2,3)24-17(20-21-22-24)27-14-6-4-5-11-23(16(14)26)15(25)12-7-9-13(19)10-8-12/h7-10,14H,4-6,11H2,1-3H3. The molecule has 1 aromatic carbocycles. The summed E-state index contributed by atoms with van der Waals surface area (Å²) >= 11 is 7.22. The Morgan fingerprint density at radius 3 is 2.59 bits per heavy atom. The van der Waals surface area contributed by atoms with E-state index in [2.05, 4.69) is 15.5 Å². The molecular weight excluding hydrogens is 386 g/mol. The number of likely N-dealkylation sites (tertiary alicyclic amines) is 1. The molecule has 1 atom stereocenters. The molecule has 2 aromatic rings. The monoisotopic (exact) mass is 407 g/mol. The summed E-state index contributed by atoms with van der Waals surface area (Å²) in [6, 6.07) is 6.60. The van der Waals surface area contributed by atoms with Crippen molar-refractivity contribution >= 4 is 35.2 Å². The Bertz CT molecular complexity index is 831. The fourth-order valence-corrected chi connectivity index (χ4v) is 4.25. The van der Waals surface area contributed by atoms with E-state index in [0.717, 1.165) is 12.8 Å². The number of halogens is 1. The van der Waals surface area contributed by atoms with Gasteiger partial charge in [-0.3, -0.25) is 14.5 Å². The highest BCUT2D eigenvalue weighted by Gasteiger charge is 2.34. The minimum atomic E-state index is -0.393. The molecule has 2 amide bonds. The first-order valence-corrected chi connectivity index (χ1v) is 10.1. The van der Waals surface area contributed by atoms with Crippen LogP contribution in [0.25, 0.3) is 0 Å². The van der Waals surface area contributed by atoms with Crippen molar-refractivity contribution in [2.24, 2.45) is 0 Å². The lowest BCUT2D eigenvalue weighted by atomic mass is 10.1. The average Bonchev–Trinajstić information content (AvgIpc) is 3.01. The number of nitrogens with zero attached hydrogens (tertiary/aromatic N) is 5. The SMILES string of the molecule is CC(C)(C)n1nnnc1SC1CCCCN(C(=O)c2ccc(Cl)cc2)C1=O. The molecule has 1 aliphatic heterocycles. The molecule has 0 radical (unpaired) electrons. The Morgan fingerprint density at radius 1 is 1.22 bits per heavy atom. The van der Waals surface area contributed by atoms with Crippen LogP contribution in [0.2, 0.25) is 5.02 Å². The van der Waals surface area contributed by atoms with Gasteiger partial charge in [-0.05, 0) is 68.3 Å². The quantitative estimate of drug-likeness (QED) is 0.725. The number of rotatable bonds is 3. The van der Waals surface area contributed by atoms with Crippen LogP contribution in [0.5, 0.6) is 0 Å². The van der Waals surface area contributed by atoms with Crippen LogP contribution in [0.3, 0.4) is 0 Å². The number of tetrazole rings is 1.